The van der Waals surface area contributed by atoms with Gasteiger partial charge in [-0.3, -0.25) is 5.10 Å². The number of hydrogen-bond acceptors (Lipinski definition) is 7. The van der Waals surface area contributed by atoms with Crippen LogP contribution in [-0.2, 0) is 10.0 Å². The van der Waals surface area contributed by atoms with Gasteiger partial charge in [0.2, 0.25) is 10.0 Å². The summed E-state index contributed by atoms with van der Waals surface area (Å²) in [6.07, 6.45) is 6.41. The number of aromatic amines is 1. The van der Waals surface area contributed by atoms with E-state index in [4.69, 9.17) is 5.26 Å². The minimum Gasteiger partial charge on any atom is -0.366 e. The van der Waals surface area contributed by atoms with Gasteiger partial charge in [0.25, 0.3) is 0 Å². The Morgan fingerprint density at radius 3 is 3.04 bits per heavy atom. The molecule has 1 fully saturated rings. The molecule has 0 bridgehead atoms. The number of rotatable bonds is 4. The molecule has 9 nitrogen and oxygen atoms in total. The largest absolute Gasteiger partial charge is 0.366 e. The summed E-state index contributed by atoms with van der Waals surface area (Å²) in [5.74, 6) is 0. The summed E-state index contributed by atoms with van der Waals surface area (Å²) in [6.45, 7) is 2.20. The fourth-order valence-electron chi connectivity index (χ4n) is 3.68. The maximum absolute atomic E-state index is 12.5. The van der Waals surface area contributed by atoms with Crippen LogP contribution in [0.5, 0.6) is 0 Å². The molecule has 3 aromatic rings. The molecule has 3 aromatic heterocycles. The highest BCUT2D eigenvalue weighted by atomic mass is 32.2. The smallest absolute Gasteiger partial charge is 0.217 e. The average molecular weight is 385 g/mol. The lowest BCUT2D eigenvalue weighted by atomic mass is 10.0. The molecule has 2 atom stereocenters. The first-order valence-electron chi connectivity index (χ1n) is 8.70. The highest BCUT2D eigenvalue weighted by Crippen LogP contribution is 2.34. The van der Waals surface area contributed by atoms with Crippen molar-refractivity contribution in [1.29, 1.82) is 5.26 Å². The lowest BCUT2D eigenvalue weighted by molar-refractivity contribution is 0.469. The minimum atomic E-state index is -3.56. The van der Waals surface area contributed by atoms with Crippen molar-refractivity contribution in [1.82, 2.24) is 24.9 Å². The molecule has 1 saturated heterocycles. The van der Waals surface area contributed by atoms with Gasteiger partial charge in [-0.15, -0.1) is 0 Å². The Balaban J connectivity index is 1.78. The molecule has 2 unspecified atom stereocenters. The van der Waals surface area contributed by atoms with Crippen LogP contribution in [0.15, 0.2) is 24.7 Å². The number of anilines is 1. The number of aromatic nitrogens is 4. The van der Waals surface area contributed by atoms with Gasteiger partial charge in [-0.25, -0.2) is 23.1 Å². The number of nitriles is 1. The zero-order valence-electron chi connectivity index (χ0n) is 14.8. The van der Waals surface area contributed by atoms with Gasteiger partial charge in [0.1, 0.15) is 0 Å². The van der Waals surface area contributed by atoms with Crippen molar-refractivity contribution in [3.8, 4) is 6.07 Å². The van der Waals surface area contributed by atoms with Crippen LogP contribution in [-0.4, -0.2) is 53.0 Å². The van der Waals surface area contributed by atoms with Crippen molar-refractivity contribution in [2.24, 2.45) is 0 Å². The Morgan fingerprint density at radius 2 is 2.22 bits per heavy atom. The third-order valence-electron chi connectivity index (χ3n) is 5.10. The summed E-state index contributed by atoms with van der Waals surface area (Å²) < 4.78 is 27.4. The molecule has 0 aliphatic carbocycles. The zero-order valence-corrected chi connectivity index (χ0v) is 15.6. The van der Waals surface area contributed by atoms with Crippen LogP contribution >= 0.6 is 0 Å². The molecular formula is C17H19N7O2S. The maximum atomic E-state index is 12.5. The molecular weight excluding hydrogens is 366 g/mol. The summed E-state index contributed by atoms with van der Waals surface area (Å²) in [5, 5.41) is 17.1. The molecule has 1 aliphatic rings. The quantitative estimate of drug-likeness (QED) is 0.648. The summed E-state index contributed by atoms with van der Waals surface area (Å²) in [7, 11) is -3.56. The number of hydrogen-bond donors (Lipinski definition) is 2. The van der Waals surface area contributed by atoms with Gasteiger partial charge in [0.15, 0.2) is 5.65 Å². The van der Waals surface area contributed by atoms with E-state index >= 15 is 0 Å². The van der Waals surface area contributed by atoms with Crippen LogP contribution in [0.25, 0.3) is 21.9 Å². The van der Waals surface area contributed by atoms with Crippen LogP contribution < -0.4 is 9.62 Å². The number of nitrogens with zero attached hydrogens (tertiary/aromatic N) is 5. The standard InChI is InChI=1S/C17H19N7O2S/c1-11-2-3-12(27(25,26)22-7-5-18)10-24(11)15-9-21-23-14-8-20-17-13(16(14)15)4-6-19-17/h4,6,8-9,11-12,22-23H,2-3,7,10H2,1H3. The van der Waals surface area contributed by atoms with Crippen LogP contribution in [0.3, 0.4) is 0 Å². The number of H-pyrrole nitrogens is 1. The zero-order chi connectivity index (χ0) is 19.0. The Bertz CT molecular complexity index is 1140. The predicted molar refractivity (Wildman–Crippen MR) is 102 cm³/mol. The predicted octanol–water partition coefficient (Wildman–Crippen LogP) is 1.31. The molecule has 0 spiro atoms. The van der Waals surface area contributed by atoms with Gasteiger partial charge < -0.3 is 4.90 Å². The van der Waals surface area contributed by atoms with E-state index in [0.717, 1.165) is 28.4 Å². The highest BCUT2D eigenvalue weighted by Gasteiger charge is 2.34. The normalized spacial score (nSPS) is 20.8. The van der Waals surface area contributed by atoms with E-state index in [2.05, 4.69) is 36.7 Å². The number of piperidine rings is 1. The van der Waals surface area contributed by atoms with E-state index in [-0.39, 0.29) is 12.6 Å². The third-order valence-corrected chi connectivity index (χ3v) is 6.91. The molecule has 1 aliphatic heterocycles. The van der Waals surface area contributed by atoms with Gasteiger partial charge in [0.05, 0.1) is 41.5 Å². The van der Waals surface area contributed by atoms with E-state index in [1.54, 1.807) is 18.6 Å². The molecule has 0 saturated carbocycles. The second kappa shape index (κ2) is 6.75. The molecule has 140 valence electrons. The molecule has 4 heterocycles. The first-order chi connectivity index (χ1) is 13.0. The molecule has 4 rings (SSSR count). The van der Waals surface area contributed by atoms with Gasteiger partial charge in [-0.05, 0) is 25.8 Å². The lowest BCUT2D eigenvalue weighted by Gasteiger charge is -2.39. The monoisotopic (exact) mass is 385 g/mol. The molecule has 27 heavy (non-hydrogen) atoms. The number of fused-ring (bicyclic) bond motifs is 3. The summed E-state index contributed by atoms with van der Waals surface area (Å²) >= 11 is 0. The van der Waals surface area contributed by atoms with E-state index in [1.807, 2.05) is 12.1 Å². The van der Waals surface area contributed by atoms with E-state index < -0.39 is 15.3 Å². The molecule has 0 amide bonds. The Morgan fingerprint density at radius 1 is 1.37 bits per heavy atom. The number of sulfonamides is 1. The second-order valence-electron chi connectivity index (χ2n) is 6.71. The van der Waals surface area contributed by atoms with Crippen LogP contribution in [0.2, 0.25) is 0 Å². The number of pyridine rings is 1. The highest BCUT2D eigenvalue weighted by molar-refractivity contribution is 7.90. The van der Waals surface area contributed by atoms with Crippen molar-refractivity contribution in [2.75, 3.05) is 18.0 Å². The average Bonchev–Trinajstić information content (AvgIpc) is 3.15. The SMILES string of the molecule is CC1CCC(S(=O)(=O)NCC#N)CN1c1cn[nH]c2cnc3nccc3c12. The van der Waals surface area contributed by atoms with Gasteiger partial charge in [-0.1, -0.05) is 0 Å². The van der Waals surface area contributed by atoms with Crippen molar-refractivity contribution < 1.29 is 8.42 Å². The molecule has 0 aromatic carbocycles. The second-order valence-corrected chi connectivity index (χ2v) is 8.75. The van der Waals surface area contributed by atoms with E-state index in [9.17, 15) is 8.42 Å². The van der Waals surface area contributed by atoms with Crippen LogP contribution in [0.4, 0.5) is 5.69 Å². The van der Waals surface area contributed by atoms with Crippen molar-refractivity contribution in [2.45, 2.75) is 31.1 Å². The van der Waals surface area contributed by atoms with Crippen molar-refractivity contribution in [3.05, 3.63) is 24.7 Å². The molecule has 0 radical (unpaired) electrons. The number of nitrogens with one attached hydrogen (secondary N) is 2. The van der Waals surface area contributed by atoms with Gasteiger partial charge in [0, 0.05) is 29.6 Å². The third kappa shape index (κ3) is 3.09. The van der Waals surface area contributed by atoms with Crippen LogP contribution in [0, 0.1) is 11.3 Å². The Kier molecular flexibility index (Phi) is 4.41. The maximum Gasteiger partial charge on any atom is 0.217 e. The van der Waals surface area contributed by atoms with Crippen LogP contribution in [0.1, 0.15) is 19.8 Å². The van der Waals surface area contributed by atoms with E-state index in [0.29, 0.717) is 18.6 Å². The van der Waals surface area contributed by atoms with Crippen molar-refractivity contribution >= 4 is 37.6 Å². The first kappa shape index (κ1) is 17.6. The fraction of sp³-hybridized carbons (Fsp3) is 0.412. The molecule has 2 N–H and O–H groups in total. The summed E-state index contributed by atoms with van der Waals surface area (Å²) in [6, 6.07) is 3.88. The summed E-state index contributed by atoms with van der Waals surface area (Å²) in [5.41, 5.74) is 2.28. The van der Waals surface area contributed by atoms with Crippen molar-refractivity contribution in [3.63, 3.8) is 0 Å². The fourth-order valence-corrected chi connectivity index (χ4v) is 4.98. The minimum absolute atomic E-state index is 0.158. The van der Waals surface area contributed by atoms with E-state index in [1.165, 1.54) is 0 Å². The lowest BCUT2D eigenvalue weighted by Crippen LogP contribution is -2.50. The van der Waals surface area contributed by atoms with Gasteiger partial charge in [-0.2, -0.15) is 10.4 Å². The summed E-state index contributed by atoms with van der Waals surface area (Å²) in [4.78, 5) is 10.7. The van der Waals surface area contributed by atoms with Gasteiger partial charge >= 0.3 is 0 Å². The first-order valence-corrected chi connectivity index (χ1v) is 10.2. The Labute approximate surface area is 156 Å². The Hall–Kier alpha value is -2.77. The topological polar surface area (TPSA) is 128 Å². The molecule has 10 heteroatoms.